The number of nitrogens with one attached hydrogen (secondary N) is 3. The van der Waals surface area contributed by atoms with Crippen LogP contribution >= 0.6 is 0 Å². The molecule has 3 aromatic rings. The Hall–Kier alpha value is -3.94. The van der Waals surface area contributed by atoms with Gasteiger partial charge in [0.2, 0.25) is 11.9 Å². The molecule has 0 saturated carbocycles. The van der Waals surface area contributed by atoms with Crippen molar-refractivity contribution in [2.75, 3.05) is 22.6 Å². The summed E-state index contributed by atoms with van der Waals surface area (Å²) in [6.45, 7) is 5.91. The Labute approximate surface area is 167 Å². The number of aromatic nitrogens is 2. The fourth-order valence-electron chi connectivity index (χ4n) is 2.45. The summed E-state index contributed by atoms with van der Waals surface area (Å²) >= 11 is 0. The molecular weight excluding hydrogens is 373 g/mol. The van der Waals surface area contributed by atoms with Gasteiger partial charge in [-0.25, -0.2) is 9.37 Å². The fraction of sp³-hybridized carbons (Fsp3) is 0.0952. The van der Waals surface area contributed by atoms with Gasteiger partial charge in [0.05, 0.1) is 12.8 Å². The molecule has 0 saturated heterocycles. The second kappa shape index (κ2) is 9.32. The van der Waals surface area contributed by atoms with Crippen LogP contribution < -0.4 is 20.7 Å². The Morgan fingerprint density at radius 3 is 2.62 bits per heavy atom. The van der Waals surface area contributed by atoms with Gasteiger partial charge in [-0.05, 0) is 55.5 Å². The summed E-state index contributed by atoms with van der Waals surface area (Å²) in [5.41, 5.74) is 1.83. The number of amides is 1. The van der Waals surface area contributed by atoms with E-state index in [9.17, 15) is 9.18 Å². The number of ether oxygens (including phenoxy) is 1. The molecule has 0 atom stereocenters. The van der Waals surface area contributed by atoms with E-state index in [1.807, 2.05) is 31.2 Å². The van der Waals surface area contributed by atoms with Gasteiger partial charge in [0.15, 0.2) is 11.6 Å². The molecule has 0 bridgehead atoms. The molecule has 3 rings (SSSR count). The molecular formula is C21H20FN5O2. The van der Waals surface area contributed by atoms with Crippen molar-refractivity contribution < 1.29 is 13.9 Å². The number of halogens is 1. The van der Waals surface area contributed by atoms with Gasteiger partial charge in [-0.1, -0.05) is 12.6 Å². The predicted octanol–water partition coefficient (Wildman–Crippen LogP) is 4.63. The van der Waals surface area contributed by atoms with E-state index in [1.165, 1.54) is 6.08 Å². The number of hydrogen-bond acceptors (Lipinski definition) is 6. The summed E-state index contributed by atoms with van der Waals surface area (Å²) in [6.07, 6.45) is 2.25. The Balaban J connectivity index is 1.74. The molecule has 0 spiro atoms. The maximum Gasteiger partial charge on any atom is 0.247 e. The van der Waals surface area contributed by atoms with Crippen LogP contribution in [0.15, 0.2) is 67.4 Å². The summed E-state index contributed by atoms with van der Waals surface area (Å²) in [5, 5.41) is 8.56. The van der Waals surface area contributed by atoms with E-state index < -0.39 is 5.82 Å². The van der Waals surface area contributed by atoms with Crippen LogP contribution in [0.2, 0.25) is 0 Å². The number of hydrogen-bond donors (Lipinski definition) is 3. The van der Waals surface area contributed by atoms with Crippen LogP contribution in [0.4, 0.5) is 33.2 Å². The third kappa shape index (κ3) is 5.52. The maximum absolute atomic E-state index is 14.2. The average Bonchev–Trinajstić information content (AvgIpc) is 2.72. The lowest BCUT2D eigenvalue weighted by molar-refractivity contribution is -0.111. The quantitative estimate of drug-likeness (QED) is 0.484. The van der Waals surface area contributed by atoms with Crippen LogP contribution in [0.1, 0.15) is 6.92 Å². The molecule has 0 aliphatic carbocycles. The van der Waals surface area contributed by atoms with Gasteiger partial charge in [0.1, 0.15) is 5.75 Å². The largest absolute Gasteiger partial charge is 0.494 e. The van der Waals surface area contributed by atoms with Crippen molar-refractivity contribution in [2.24, 2.45) is 0 Å². The van der Waals surface area contributed by atoms with Gasteiger partial charge in [-0.15, -0.1) is 0 Å². The minimum Gasteiger partial charge on any atom is -0.494 e. The minimum absolute atomic E-state index is 0.000587. The molecule has 2 aromatic carbocycles. The van der Waals surface area contributed by atoms with Crippen LogP contribution in [0, 0.1) is 5.82 Å². The van der Waals surface area contributed by atoms with E-state index in [2.05, 4.69) is 32.5 Å². The van der Waals surface area contributed by atoms with Gasteiger partial charge in [0.25, 0.3) is 0 Å². The Morgan fingerprint density at radius 2 is 1.90 bits per heavy atom. The minimum atomic E-state index is -0.609. The zero-order chi connectivity index (χ0) is 20.6. The highest BCUT2D eigenvalue weighted by Gasteiger charge is 2.09. The molecule has 0 fully saturated rings. The molecule has 0 aliphatic rings. The van der Waals surface area contributed by atoms with Crippen molar-refractivity contribution in [1.82, 2.24) is 9.97 Å². The molecule has 3 N–H and O–H groups in total. The van der Waals surface area contributed by atoms with E-state index in [0.29, 0.717) is 18.0 Å². The summed E-state index contributed by atoms with van der Waals surface area (Å²) in [7, 11) is 0. The summed E-state index contributed by atoms with van der Waals surface area (Å²) in [4.78, 5) is 19.6. The first-order chi connectivity index (χ1) is 14.1. The first-order valence-electron chi connectivity index (χ1n) is 8.90. The fourth-order valence-corrected chi connectivity index (χ4v) is 2.45. The zero-order valence-corrected chi connectivity index (χ0v) is 15.8. The summed E-state index contributed by atoms with van der Waals surface area (Å²) < 4.78 is 19.6. The highest BCUT2D eigenvalue weighted by Crippen LogP contribution is 2.23. The lowest BCUT2D eigenvalue weighted by Gasteiger charge is -2.11. The average molecular weight is 393 g/mol. The topological polar surface area (TPSA) is 88.2 Å². The van der Waals surface area contributed by atoms with Crippen molar-refractivity contribution >= 4 is 34.7 Å². The molecule has 0 aliphatic heterocycles. The molecule has 0 unspecified atom stereocenters. The van der Waals surface area contributed by atoms with Gasteiger partial charge in [0, 0.05) is 17.1 Å². The van der Waals surface area contributed by atoms with E-state index in [-0.39, 0.29) is 17.7 Å². The van der Waals surface area contributed by atoms with Crippen LogP contribution in [0.5, 0.6) is 5.75 Å². The molecule has 1 heterocycles. The van der Waals surface area contributed by atoms with Crippen molar-refractivity contribution in [2.45, 2.75) is 6.92 Å². The van der Waals surface area contributed by atoms with E-state index >= 15 is 0 Å². The first-order valence-corrected chi connectivity index (χ1v) is 8.90. The van der Waals surface area contributed by atoms with Gasteiger partial charge in [-0.2, -0.15) is 4.98 Å². The van der Waals surface area contributed by atoms with Crippen molar-refractivity contribution in [3.05, 3.63) is 73.2 Å². The van der Waals surface area contributed by atoms with Crippen LogP contribution in [0.25, 0.3) is 0 Å². The third-order valence-corrected chi connectivity index (χ3v) is 3.74. The van der Waals surface area contributed by atoms with Crippen LogP contribution in [-0.2, 0) is 4.79 Å². The summed E-state index contributed by atoms with van der Waals surface area (Å²) in [5.74, 6) is 0.0404. The van der Waals surface area contributed by atoms with Crippen molar-refractivity contribution in [1.29, 1.82) is 0 Å². The normalized spacial score (nSPS) is 10.1. The maximum atomic E-state index is 14.2. The Kier molecular flexibility index (Phi) is 6.36. The number of benzene rings is 2. The third-order valence-electron chi connectivity index (χ3n) is 3.74. The molecule has 8 heteroatoms. The monoisotopic (exact) mass is 393 g/mol. The lowest BCUT2D eigenvalue weighted by atomic mass is 10.2. The van der Waals surface area contributed by atoms with Gasteiger partial charge >= 0.3 is 0 Å². The van der Waals surface area contributed by atoms with E-state index in [4.69, 9.17) is 4.74 Å². The SMILES string of the molecule is C=CC(=O)Nc1cccc(Nc2nc(Nc3ccc(OCC)cc3)ncc2F)c1. The number of nitrogens with zero attached hydrogens (tertiary/aromatic N) is 2. The smallest absolute Gasteiger partial charge is 0.247 e. The molecule has 1 aromatic heterocycles. The highest BCUT2D eigenvalue weighted by atomic mass is 19.1. The molecule has 29 heavy (non-hydrogen) atoms. The zero-order valence-electron chi connectivity index (χ0n) is 15.8. The van der Waals surface area contributed by atoms with Crippen LogP contribution in [-0.4, -0.2) is 22.5 Å². The molecule has 1 amide bonds. The Morgan fingerprint density at radius 1 is 1.14 bits per heavy atom. The van der Waals surface area contributed by atoms with Gasteiger partial charge in [-0.3, -0.25) is 4.79 Å². The van der Waals surface area contributed by atoms with Gasteiger partial charge < -0.3 is 20.7 Å². The number of carbonyl (C=O) groups excluding carboxylic acids is 1. The predicted molar refractivity (Wildman–Crippen MR) is 111 cm³/mol. The molecule has 148 valence electrons. The molecule has 7 nitrogen and oxygen atoms in total. The summed E-state index contributed by atoms with van der Waals surface area (Å²) in [6, 6.07) is 14.1. The number of rotatable bonds is 8. The van der Waals surface area contributed by atoms with E-state index in [1.54, 1.807) is 24.3 Å². The van der Waals surface area contributed by atoms with Crippen molar-refractivity contribution in [3.63, 3.8) is 0 Å². The first kappa shape index (κ1) is 19.8. The standard InChI is InChI=1S/C21H20FN5O2/c1-3-19(28)24-15-6-5-7-16(12-15)25-20-18(22)13-23-21(27-20)26-14-8-10-17(11-9-14)29-4-2/h3,5-13H,1,4H2,2H3,(H,24,28)(H2,23,25,26,27). The van der Waals surface area contributed by atoms with Crippen molar-refractivity contribution in [3.8, 4) is 5.75 Å². The second-order valence-corrected chi connectivity index (χ2v) is 5.87. The van der Waals surface area contributed by atoms with E-state index in [0.717, 1.165) is 17.6 Å². The number of anilines is 5. The Bertz CT molecular complexity index is 1010. The lowest BCUT2D eigenvalue weighted by Crippen LogP contribution is -2.07. The number of carbonyl (C=O) groups is 1. The second-order valence-electron chi connectivity index (χ2n) is 5.87. The van der Waals surface area contributed by atoms with Crippen LogP contribution in [0.3, 0.4) is 0 Å². The molecule has 0 radical (unpaired) electrons. The highest BCUT2D eigenvalue weighted by molar-refractivity contribution is 5.99.